The molecule has 1 unspecified atom stereocenters. The van der Waals surface area contributed by atoms with Crippen molar-refractivity contribution < 1.29 is 14.3 Å². The summed E-state index contributed by atoms with van der Waals surface area (Å²) in [4.78, 5) is 18.5. The van der Waals surface area contributed by atoms with Gasteiger partial charge in [0.25, 0.3) is 0 Å². The van der Waals surface area contributed by atoms with Crippen LogP contribution in [0.15, 0.2) is 29.3 Å². The normalized spacial score (nSPS) is 16.8. The predicted molar refractivity (Wildman–Crippen MR) is 102 cm³/mol. The van der Waals surface area contributed by atoms with Crippen LogP contribution in [-0.2, 0) is 16.0 Å². The van der Waals surface area contributed by atoms with Crippen molar-refractivity contribution >= 4 is 11.9 Å². The van der Waals surface area contributed by atoms with Gasteiger partial charge in [0.1, 0.15) is 0 Å². The number of ether oxygens (including phenoxy) is 2. The molecule has 0 aromatic heterocycles. The van der Waals surface area contributed by atoms with E-state index >= 15 is 0 Å². The second-order valence-corrected chi connectivity index (χ2v) is 6.26. The van der Waals surface area contributed by atoms with Crippen molar-refractivity contribution in [1.82, 2.24) is 15.5 Å². The molecule has 7 nitrogen and oxygen atoms in total. The van der Waals surface area contributed by atoms with Crippen LogP contribution < -0.4 is 10.6 Å². The average molecular weight is 362 g/mol. The molecule has 0 bridgehead atoms. The summed E-state index contributed by atoms with van der Waals surface area (Å²) >= 11 is 0. The number of benzene rings is 1. The highest BCUT2D eigenvalue weighted by atomic mass is 16.5. The molecule has 0 saturated carbocycles. The maximum atomic E-state index is 11.5. The minimum atomic E-state index is -0.327. The summed E-state index contributed by atoms with van der Waals surface area (Å²) in [6.45, 7) is 10.0. The van der Waals surface area contributed by atoms with Gasteiger partial charge in [-0.05, 0) is 31.5 Å². The van der Waals surface area contributed by atoms with Crippen LogP contribution in [0.5, 0.6) is 0 Å². The number of nitrogens with zero attached hydrogens (tertiary/aromatic N) is 2. The third-order valence-corrected chi connectivity index (χ3v) is 4.37. The second-order valence-electron chi connectivity index (χ2n) is 6.26. The molecule has 144 valence electrons. The van der Waals surface area contributed by atoms with Crippen LogP contribution in [0.4, 0.5) is 0 Å². The Labute approximate surface area is 155 Å². The minimum absolute atomic E-state index is 0.327. The topological polar surface area (TPSA) is 75.2 Å². The molecule has 0 amide bonds. The first-order valence-corrected chi connectivity index (χ1v) is 9.15. The van der Waals surface area contributed by atoms with Gasteiger partial charge < -0.3 is 20.1 Å². The van der Waals surface area contributed by atoms with Crippen LogP contribution in [0, 0.1) is 0 Å². The van der Waals surface area contributed by atoms with Crippen molar-refractivity contribution in [1.29, 1.82) is 0 Å². The van der Waals surface area contributed by atoms with Crippen LogP contribution in [0.1, 0.15) is 29.8 Å². The molecule has 1 fully saturated rings. The van der Waals surface area contributed by atoms with E-state index in [0.717, 1.165) is 50.9 Å². The SMILES string of the molecule is CCNC(=NCc1ccc(C(=O)OC)cc1)NCC(C)N1CCOCC1. The summed E-state index contributed by atoms with van der Waals surface area (Å²) in [6, 6.07) is 7.74. The lowest BCUT2D eigenvalue weighted by molar-refractivity contribution is 0.0211. The Bertz CT molecular complexity index is 583. The van der Waals surface area contributed by atoms with E-state index in [1.807, 2.05) is 19.1 Å². The second kappa shape index (κ2) is 10.8. The first kappa shape index (κ1) is 20.2. The molecular formula is C19H30N4O3. The highest BCUT2D eigenvalue weighted by Gasteiger charge is 2.17. The molecule has 1 saturated heterocycles. The van der Waals surface area contributed by atoms with Gasteiger partial charge in [-0.3, -0.25) is 4.90 Å². The zero-order valence-electron chi connectivity index (χ0n) is 16.0. The number of morpholine rings is 1. The van der Waals surface area contributed by atoms with E-state index in [1.165, 1.54) is 7.11 Å². The number of carbonyl (C=O) groups excluding carboxylic acids is 1. The number of hydrogen-bond acceptors (Lipinski definition) is 5. The van der Waals surface area contributed by atoms with Gasteiger partial charge in [0.05, 0.1) is 32.4 Å². The monoisotopic (exact) mass is 362 g/mol. The highest BCUT2D eigenvalue weighted by molar-refractivity contribution is 5.89. The summed E-state index contributed by atoms with van der Waals surface area (Å²) in [5.74, 6) is 0.469. The molecule has 1 heterocycles. The number of nitrogens with one attached hydrogen (secondary N) is 2. The van der Waals surface area contributed by atoms with Gasteiger partial charge in [0.15, 0.2) is 5.96 Å². The molecule has 0 aliphatic carbocycles. The Hall–Kier alpha value is -2.12. The van der Waals surface area contributed by atoms with Gasteiger partial charge in [-0.15, -0.1) is 0 Å². The largest absolute Gasteiger partial charge is 0.465 e. The van der Waals surface area contributed by atoms with Crippen LogP contribution in [0.25, 0.3) is 0 Å². The zero-order valence-corrected chi connectivity index (χ0v) is 16.0. The standard InChI is InChI=1S/C19H30N4O3/c1-4-20-19(21-13-15(2)23-9-11-26-12-10-23)22-14-16-5-7-17(8-6-16)18(24)25-3/h5-8,15H,4,9-14H2,1-3H3,(H2,20,21,22). The Balaban J connectivity index is 1.88. The summed E-state index contributed by atoms with van der Waals surface area (Å²) in [7, 11) is 1.38. The molecule has 1 atom stereocenters. The molecule has 1 aliphatic heterocycles. The number of rotatable bonds is 7. The van der Waals surface area contributed by atoms with E-state index in [-0.39, 0.29) is 5.97 Å². The van der Waals surface area contributed by atoms with Gasteiger partial charge in [0, 0.05) is 32.2 Å². The van der Waals surface area contributed by atoms with Gasteiger partial charge in [-0.1, -0.05) is 12.1 Å². The Morgan fingerprint density at radius 3 is 2.58 bits per heavy atom. The number of esters is 1. The van der Waals surface area contributed by atoms with E-state index in [9.17, 15) is 4.79 Å². The molecule has 1 aliphatic rings. The van der Waals surface area contributed by atoms with E-state index in [1.54, 1.807) is 12.1 Å². The molecule has 2 N–H and O–H groups in total. The lowest BCUT2D eigenvalue weighted by Crippen LogP contribution is -2.49. The van der Waals surface area contributed by atoms with Crippen LogP contribution in [0.3, 0.4) is 0 Å². The smallest absolute Gasteiger partial charge is 0.337 e. The summed E-state index contributed by atoms with van der Waals surface area (Å²) in [5.41, 5.74) is 1.58. The van der Waals surface area contributed by atoms with Crippen LogP contribution in [0.2, 0.25) is 0 Å². The summed E-state index contributed by atoms with van der Waals surface area (Å²) < 4.78 is 10.1. The third kappa shape index (κ3) is 6.31. The van der Waals surface area contributed by atoms with Gasteiger partial charge in [-0.25, -0.2) is 9.79 Å². The highest BCUT2D eigenvalue weighted by Crippen LogP contribution is 2.07. The lowest BCUT2D eigenvalue weighted by atomic mass is 10.1. The molecule has 1 aromatic carbocycles. The number of carbonyl (C=O) groups is 1. The molecule has 0 radical (unpaired) electrons. The number of guanidine groups is 1. The van der Waals surface area contributed by atoms with E-state index < -0.39 is 0 Å². The van der Waals surface area contributed by atoms with Gasteiger partial charge >= 0.3 is 5.97 Å². The number of hydrogen-bond donors (Lipinski definition) is 2. The fraction of sp³-hybridized carbons (Fsp3) is 0.579. The van der Waals surface area contributed by atoms with Crippen molar-refractivity contribution in [3.8, 4) is 0 Å². The predicted octanol–water partition coefficient (Wildman–Crippen LogP) is 1.25. The Kier molecular flexibility index (Phi) is 8.37. The van der Waals surface area contributed by atoms with Gasteiger partial charge in [0.2, 0.25) is 0 Å². The zero-order chi connectivity index (χ0) is 18.8. The van der Waals surface area contributed by atoms with E-state index in [2.05, 4.69) is 27.4 Å². The van der Waals surface area contributed by atoms with Gasteiger partial charge in [-0.2, -0.15) is 0 Å². The molecule has 26 heavy (non-hydrogen) atoms. The van der Waals surface area contributed by atoms with E-state index in [4.69, 9.17) is 9.47 Å². The summed E-state index contributed by atoms with van der Waals surface area (Å²) in [5, 5.41) is 6.68. The molecule has 1 aromatic rings. The van der Waals surface area contributed by atoms with Crippen molar-refractivity contribution in [2.24, 2.45) is 4.99 Å². The maximum absolute atomic E-state index is 11.5. The first-order valence-electron chi connectivity index (χ1n) is 9.15. The number of aliphatic imine (C=N–C) groups is 1. The van der Waals surface area contributed by atoms with Crippen molar-refractivity contribution in [3.05, 3.63) is 35.4 Å². The molecule has 7 heteroatoms. The molecular weight excluding hydrogens is 332 g/mol. The molecule has 2 rings (SSSR count). The summed E-state index contributed by atoms with van der Waals surface area (Å²) in [6.07, 6.45) is 0. The van der Waals surface area contributed by atoms with Crippen LogP contribution >= 0.6 is 0 Å². The fourth-order valence-corrected chi connectivity index (χ4v) is 2.77. The van der Waals surface area contributed by atoms with Crippen molar-refractivity contribution in [2.75, 3.05) is 46.5 Å². The average Bonchev–Trinajstić information content (AvgIpc) is 2.70. The minimum Gasteiger partial charge on any atom is -0.465 e. The lowest BCUT2D eigenvalue weighted by Gasteiger charge is -2.32. The quantitative estimate of drug-likeness (QED) is 0.432. The third-order valence-electron chi connectivity index (χ3n) is 4.37. The fourth-order valence-electron chi connectivity index (χ4n) is 2.77. The Morgan fingerprint density at radius 2 is 1.96 bits per heavy atom. The van der Waals surface area contributed by atoms with E-state index in [0.29, 0.717) is 18.2 Å². The first-order chi connectivity index (χ1) is 12.6. The Morgan fingerprint density at radius 1 is 1.27 bits per heavy atom. The van der Waals surface area contributed by atoms with Crippen LogP contribution in [-0.4, -0.2) is 69.4 Å². The maximum Gasteiger partial charge on any atom is 0.337 e. The van der Waals surface area contributed by atoms with Crippen molar-refractivity contribution in [3.63, 3.8) is 0 Å². The molecule has 0 spiro atoms. The number of methoxy groups -OCH3 is 1. The van der Waals surface area contributed by atoms with Crippen molar-refractivity contribution in [2.45, 2.75) is 26.4 Å².